The molecule has 0 spiro atoms. The fourth-order valence-corrected chi connectivity index (χ4v) is 3.18. The van der Waals surface area contributed by atoms with Crippen molar-refractivity contribution in [2.75, 3.05) is 11.9 Å². The Hall–Kier alpha value is -2.66. The first-order valence-corrected chi connectivity index (χ1v) is 8.73. The van der Waals surface area contributed by atoms with Crippen molar-refractivity contribution in [1.29, 1.82) is 0 Å². The number of benzene rings is 2. The molecule has 25 heavy (non-hydrogen) atoms. The molecule has 1 fully saturated rings. The molecule has 5 heteroatoms. The van der Waals surface area contributed by atoms with E-state index in [2.05, 4.69) is 15.3 Å². The molecule has 1 atom stereocenters. The molecule has 0 bridgehead atoms. The number of nitrogens with one attached hydrogen (secondary N) is 2. The van der Waals surface area contributed by atoms with Crippen molar-refractivity contribution < 1.29 is 9.53 Å². The van der Waals surface area contributed by atoms with E-state index in [1.54, 1.807) is 0 Å². The molecule has 1 saturated heterocycles. The van der Waals surface area contributed by atoms with Crippen LogP contribution in [0.3, 0.4) is 0 Å². The number of ether oxygens (including phenoxy) is 1. The molecule has 0 aliphatic carbocycles. The smallest absolute Gasteiger partial charge is 0.224 e. The van der Waals surface area contributed by atoms with Crippen LogP contribution in [0.1, 0.15) is 36.8 Å². The number of hydrogen-bond donors (Lipinski definition) is 2. The summed E-state index contributed by atoms with van der Waals surface area (Å²) in [5.41, 5.74) is 3.77. The Morgan fingerprint density at radius 2 is 2.12 bits per heavy atom. The van der Waals surface area contributed by atoms with Crippen LogP contribution in [0.5, 0.6) is 0 Å². The molecule has 1 aromatic heterocycles. The van der Waals surface area contributed by atoms with Crippen LogP contribution < -0.4 is 5.32 Å². The molecule has 5 nitrogen and oxygen atoms in total. The van der Waals surface area contributed by atoms with Crippen molar-refractivity contribution in [3.8, 4) is 0 Å². The number of anilines is 1. The third kappa shape index (κ3) is 3.72. The number of imidazole rings is 1. The maximum absolute atomic E-state index is 12.2. The van der Waals surface area contributed by atoms with Crippen LogP contribution in [0.2, 0.25) is 0 Å². The summed E-state index contributed by atoms with van der Waals surface area (Å²) in [5, 5.41) is 2.97. The molecule has 4 rings (SSSR count). The Labute approximate surface area is 146 Å². The predicted molar refractivity (Wildman–Crippen MR) is 97.4 cm³/mol. The van der Waals surface area contributed by atoms with Crippen LogP contribution >= 0.6 is 0 Å². The first kappa shape index (κ1) is 15.8. The highest BCUT2D eigenvalue weighted by Gasteiger charge is 2.21. The predicted octanol–water partition coefficient (Wildman–Crippen LogP) is 3.99. The molecule has 2 heterocycles. The molecule has 0 saturated carbocycles. The standard InChI is InChI=1S/C20H21N3O2/c24-19(11-8-14-5-2-1-3-6-14)21-15-9-10-16-17(13-15)23-20(22-16)18-7-4-12-25-18/h1-3,5-6,9-10,13,18H,4,7-8,11-12H2,(H,21,24)(H,22,23). The normalized spacial score (nSPS) is 17.0. The van der Waals surface area contributed by atoms with Gasteiger partial charge in [0.15, 0.2) is 0 Å². The van der Waals surface area contributed by atoms with Crippen molar-refractivity contribution in [1.82, 2.24) is 9.97 Å². The van der Waals surface area contributed by atoms with Crippen molar-refractivity contribution >= 4 is 22.6 Å². The van der Waals surface area contributed by atoms with Crippen LogP contribution in [-0.4, -0.2) is 22.5 Å². The summed E-state index contributed by atoms with van der Waals surface area (Å²) in [6.45, 7) is 0.796. The Bertz CT molecular complexity index is 867. The number of amides is 1. The highest BCUT2D eigenvalue weighted by molar-refractivity contribution is 5.93. The van der Waals surface area contributed by atoms with Crippen molar-refractivity contribution in [3.63, 3.8) is 0 Å². The minimum Gasteiger partial charge on any atom is -0.370 e. The van der Waals surface area contributed by atoms with Crippen LogP contribution in [0.25, 0.3) is 11.0 Å². The molecule has 1 unspecified atom stereocenters. The van der Waals surface area contributed by atoms with E-state index in [0.29, 0.717) is 6.42 Å². The van der Waals surface area contributed by atoms with Gasteiger partial charge in [-0.2, -0.15) is 0 Å². The van der Waals surface area contributed by atoms with E-state index in [1.165, 1.54) is 5.56 Å². The maximum atomic E-state index is 12.2. The van der Waals surface area contributed by atoms with Gasteiger partial charge in [0.1, 0.15) is 11.9 Å². The topological polar surface area (TPSA) is 67.0 Å². The first-order chi connectivity index (χ1) is 12.3. The second-order valence-electron chi connectivity index (χ2n) is 6.39. The van der Waals surface area contributed by atoms with Gasteiger partial charge >= 0.3 is 0 Å². The number of rotatable bonds is 5. The van der Waals surface area contributed by atoms with Gasteiger partial charge in [0, 0.05) is 18.7 Å². The van der Waals surface area contributed by atoms with Crippen LogP contribution in [0.4, 0.5) is 5.69 Å². The number of H-pyrrole nitrogens is 1. The van der Waals surface area contributed by atoms with E-state index in [9.17, 15) is 4.79 Å². The van der Waals surface area contributed by atoms with E-state index in [0.717, 1.165) is 48.4 Å². The Morgan fingerprint density at radius 3 is 2.92 bits per heavy atom. The molecule has 2 aromatic carbocycles. The Balaban J connectivity index is 1.41. The summed E-state index contributed by atoms with van der Waals surface area (Å²) in [4.78, 5) is 20.1. The van der Waals surface area contributed by atoms with Gasteiger partial charge in [0.05, 0.1) is 11.0 Å². The van der Waals surface area contributed by atoms with Gasteiger partial charge in [-0.3, -0.25) is 4.79 Å². The van der Waals surface area contributed by atoms with E-state index < -0.39 is 0 Å². The highest BCUT2D eigenvalue weighted by Crippen LogP contribution is 2.28. The summed E-state index contributed by atoms with van der Waals surface area (Å²) in [5.74, 6) is 0.891. The zero-order chi connectivity index (χ0) is 17.1. The second kappa shape index (κ2) is 7.07. The molecular formula is C20H21N3O2. The Kier molecular flexibility index (Phi) is 4.48. The van der Waals surface area contributed by atoms with Gasteiger partial charge < -0.3 is 15.0 Å². The zero-order valence-corrected chi connectivity index (χ0v) is 14.0. The minimum absolute atomic E-state index is 0.0158. The number of aromatic amines is 1. The lowest BCUT2D eigenvalue weighted by molar-refractivity contribution is -0.116. The van der Waals surface area contributed by atoms with Crippen molar-refractivity contribution in [2.45, 2.75) is 31.8 Å². The summed E-state index contributed by atoms with van der Waals surface area (Å²) >= 11 is 0. The molecule has 1 aliphatic heterocycles. The van der Waals surface area contributed by atoms with E-state index >= 15 is 0 Å². The van der Waals surface area contributed by atoms with Gasteiger partial charge in [-0.25, -0.2) is 4.98 Å². The van der Waals surface area contributed by atoms with Gasteiger partial charge in [-0.1, -0.05) is 30.3 Å². The first-order valence-electron chi connectivity index (χ1n) is 8.73. The van der Waals surface area contributed by atoms with Crippen LogP contribution in [0.15, 0.2) is 48.5 Å². The number of nitrogens with zero attached hydrogens (tertiary/aromatic N) is 1. The van der Waals surface area contributed by atoms with Gasteiger partial charge in [-0.05, 0) is 43.0 Å². The zero-order valence-electron chi connectivity index (χ0n) is 14.0. The average Bonchev–Trinajstić information content (AvgIpc) is 3.30. The third-order valence-electron chi connectivity index (χ3n) is 4.50. The SMILES string of the molecule is O=C(CCc1ccccc1)Nc1ccc2nc(C3CCCO3)[nH]c2c1. The van der Waals surface area contributed by atoms with Crippen molar-refractivity contribution in [2.24, 2.45) is 0 Å². The van der Waals surface area contributed by atoms with Crippen LogP contribution in [-0.2, 0) is 16.0 Å². The fourth-order valence-electron chi connectivity index (χ4n) is 3.18. The summed E-state index contributed by atoms with van der Waals surface area (Å²) in [6.07, 6.45) is 3.35. The van der Waals surface area contributed by atoms with Crippen LogP contribution in [0, 0.1) is 0 Å². The third-order valence-corrected chi connectivity index (χ3v) is 4.50. The summed E-state index contributed by atoms with van der Waals surface area (Å²) in [7, 11) is 0. The molecule has 2 N–H and O–H groups in total. The minimum atomic E-state index is 0.0158. The largest absolute Gasteiger partial charge is 0.370 e. The molecule has 128 valence electrons. The lowest BCUT2D eigenvalue weighted by Gasteiger charge is -2.05. The molecule has 0 radical (unpaired) electrons. The summed E-state index contributed by atoms with van der Waals surface area (Å²) < 4.78 is 5.67. The number of aryl methyl sites for hydroxylation is 1. The van der Waals surface area contributed by atoms with E-state index in [1.807, 2.05) is 48.5 Å². The van der Waals surface area contributed by atoms with E-state index in [-0.39, 0.29) is 12.0 Å². The second-order valence-corrected chi connectivity index (χ2v) is 6.39. The maximum Gasteiger partial charge on any atom is 0.224 e. The molecular weight excluding hydrogens is 314 g/mol. The number of carbonyl (C=O) groups excluding carboxylic acids is 1. The lowest BCUT2D eigenvalue weighted by atomic mass is 10.1. The molecule has 1 amide bonds. The van der Waals surface area contributed by atoms with Gasteiger partial charge in [0.25, 0.3) is 0 Å². The number of aromatic nitrogens is 2. The summed E-state index contributed by atoms with van der Waals surface area (Å²) in [6, 6.07) is 15.8. The number of hydrogen-bond acceptors (Lipinski definition) is 3. The number of fused-ring (bicyclic) bond motifs is 1. The molecule has 3 aromatic rings. The fraction of sp³-hybridized carbons (Fsp3) is 0.300. The van der Waals surface area contributed by atoms with E-state index in [4.69, 9.17) is 4.74 Å². The Morgan fingerprint density at radius 1 is 1.24 bits per heavy atom. The average molecular weight is 335 g/mol. The highest BCUT2D eigenvalue weighted by atomic mass is 16.5. The van der Waals surface area contributed by atoms with Gasteiger partial charge in [-0.15, -0.1) is 0 Å². The number of carbonyl (C=O) groups is 1. The monoisotopic (exact) mass is 335 g/mol. The van der Waals surface area contributed by atoms with Gasteiger partial charge in [0.2, 0.25) is 5.91 Å². The quantitative estimate of drug-likeness (QED) is 0.741. The molecule has 1 aliphatic rings. The van der Waals surface area contributed by atoms with Crippen molar-refractivity contribution in [3.05, 3.63) is 59.9 Å². The lowest BCUT2D eigenvalue weighted by Crippen LogP contribution is -2.12.